The van der Waals surface area contributed by atoms with E-state index < -0.39 is 0 Å². The second-order valence-corrected chi connectivity index (χ2v) is 5.40. The van der Waals surface area contributed by atoms with Crippen LogP contribution in [0.3, 0.4) is 0 Å². The molecule has 1 saturated carbocycles. The minimum absolute atomic E-state index is 0.0240. The third kappa shape index (κ3) is 2.89. The Hall–Kier alpha value is -0.830. The van der Waals surface area contributed by atoms with E-state index in [4.69, 9.17) is 5.73 Å². The Kier molecular flexibility index (Phi) is 3.87. The number of aromatic nitrogens is 2. The Morgan fingerprint density at radius 2 is 2.00 bits per heavy atom. The number of aryl methyl sites for hydroxylation is 2. The molecule has 1 fully saturated rings. The van der Waals surface area contributed by atoms with Gasteiger partial charge in [0.15, 0.2) is 0 Å². The molecular formula is C14H25N3. The van der Waals surface area contributed by atoms with Crippen LogP contribution < -0.4 is 5.73 Å². The molecule has 3 heteroatoms. The van der Waals surface area contributed by atoms with E-state index in [2.05, 4.69) is 29.7 Å². The summed E-state index contributed by atoms with van der Waals surface area (Å²) >= 11 is 0. The fraction of sp³-hybridized carbons (Fsp3) is 0.786. The summed E-state index contributed by atoms with van der Waals surface area (Å²) < 4.78 is 2.13. The molecule has 1 aromatic heterocycles. The Labute approximate surface area is 104 Å². The third-order valence-electron chi connectivity index (χ3n) is 3.96. The quantitative estimate of drug-likeness (QED) is 0.872. The summed E-state index contributed by atoms with van der Waals surface area (Å²) in [5, 5.41) is 4.60. The lowest BCUT2D eigenvalue weighted by atomic mass is 9.79. The molecule has 3 nitrogen and oxygen atoms in total. The first kappa shape index (κ1) is 12.6. The maximum Gasteiger partial charge on any atom is 0.0624 e. The summed E-state index contributed by atoms with van der Waals surface area (Å²) in [7, 11) is 0. The van der Waals surface area contributed by atoms with E-state index in [1.807, 2.05) is 0 Å². The number of hydrogen-bond acceptors (Lipinski definition) is 2. The highest BCUT2D eigenvalue weighted by Gasteiger charge is 2.28. The van der Waals surface area contributed by atoms with Gasteiger partial charge in [0, 0.05) is 24.2 Å². The van der Waals surface area contributed by atoms with Crippen molar-refractivity contribution in [1.82, 2.24) is 9.78 Å². The Morgan fingerprint density at radius 1 is 1.29 bits per heavy atom. The monoisotopic (exact) mass is 235 g/mol. The molecule has 0 atom stereocenters. The summed E-state index contributed by atoms with van der Waals surface area (Å²) in [6.45, 7) is 5.26. The zero-order valence-electron chi connectivity index (χ0n) is 11.2. The molecule has 0 spiro atoms. The molecule has 0 bridgehead atoms. The van der Waals surface area contributed by atoms with E-state index in [0.29, 0.717) is 0 Å². The summed E-state index contributed by atoms with van der Waals surface area (Å²) in [6, 6.07) is 2.24. The van der Waals surface area contributed by atoms with Gasteiger partial charge in [-0.2, -0.15) is 5.10 Å². The minimum Gasteiger partial charge on any atom is -0.325 e. The Bertz CT molecular complexity index is 362. The molecule has 1 aliphatic carbocycles. The molecule has 1 heterocycles. The fourth-order valence-corrected chi connectivity index (χ4v) is 2.90. The maximum atomic E-state index is 6.52. The van der Waals surface area contributed by atoms with Gasteiger partial charge in [0.2, 0.25) is 0 Å². The maximum absolute atomic E-state index is 6.52. The SMILES string of the molecule is CCc1cc(CC2(N)CCCCC2)n(CC)n1. The molecule has 0 amide bonds. The number of nitrogens with zero attached hydrogens (tertiary/aromatic N) is 2. The fourth-order valence-electron chi connectivity index (χ4n) is 2.90. The second kappa shape index (κ2) is 5.21. The van der Waals surface area contributed by atoms with Gasteiger partial charge in [-0.25, -0.2) is 0 Å². The highest BCUT2D eigenvalue weighted by Crippen LogP contribution is 2.29. The molecule has 2 N–H and O–H groups in total. The van der Waals surface area contributed by atoms with Crippen LogP contribution in [0.1, 0.15) is 57.3 Å². The highest BCUT2D eigenvalue weighted by molar-refractivity contribution is 5.14. The number of hydrogen-bond donors (Lipinski definition) is 1. The normalized spacial score (nSPS) is 19.5. The van der Waals surface area contributed by atoms with Gasteiger partial charge >= 0.3 is 0 Å². The van der Waals surface area contributed by atoms with Crippen molar-refractivity contribution in [2.24, 2.45) is 5.73 Å². The van der Waals surface area contributed by atoms with Gasteiger partial charge in [0.05, 0.1) is 5.69 Å². The standard InChI is InChI=1S/C14H25N3/c1-3-12-10-13(17(4-2)16-12)11-14(15)8-6-5-7-9-14/h10H,3-9,11,15H2,1-2H3. The molecule has 1 aromatic rings. The summed E-state index contributed by atoms with van der Waals surface area (Å²) in [6.07, 6.45) is 8.28. The molecule has 2 rings (SSSR count). The van der Waals surface area contributed by atoms with E-state index in [1.165, 1.54) is 43.5 Å². The van der Waals surface area contributed by atoms with E-state index >= 15 is 0 Å². The van der Waals surface area contributed by atoms with Gasteiger partial charge in [0.25, 0.3) is 0 Å². The van der Waals surface area contributed by atoms with E-state index in [-0.39, 0.29) is 5.54 Å². The first-order chi connectivity index (χ1) is 8.17. The van der Waals surface area contributed by atoms with Crippen molar-refractivity contribution < 1.29 is 0 Å². The summed E-state index contributed by atoms with van der Waals surface area (Å²) in [5.74, 6) is 0. The molecule has 17 heavy (non-hydrogen) atoms. The van der Waals surface area contributed by atoms with Crippen LogP contribution in [0, 0.1) is 0 Å². The number of rotatable bonds is 4. The van der Waals surface area contributed by atoms with Gasteiger partial charge in [-0.1, -0.05) is 26.2 Å². The van der Waals surface area contributed by atoms with Gasteiger partial charge in [-0.15, -0.1) is 0 Å². The van der Waals surface area contributed by atoms with Crippen LogP contribution >= 0.6 is 0 Å². The third-order valence-corrected chi connectivity index (χ3v) is 3.96. The van der Waals surface area contributed by atoms with E-state index in [1.54, 1.807) is 0 Å². The zero-order chi connectivity index (χ0) is 12.3. The lowest BCUT2D eigenvalue weighted by Gasteiger charge is -2.33. The molecule has 96 valence electrons. The Balaban J connectivity index is 2.13. The minimum atomic E-state index is 0.0240. The largest absolute Gasteiger partial charge is 0.325 e. The van der Waals surface area contributed by atoms with Gasteiger partial charge in [-0.3, -0.25) is 4.68 Å². The molecular weight excluding hydrogens is 210 g/mol. The lowest BCUT2D eigenvalue weighted by molar-refractivity contribution is 0.288. The van der Waals surface area contributed by atoms with Crippen LogP contribution in [-0.4, -0.2) is 15.3 Å². The molecule has 0 unspecified atom stereocenters. The van der Waals surface area contributed by atoms with Crippen molar-refractivity contribution in [1.29, 1.82) is 0 Å². The van der Waals surface area contributed by atoms with E-state index in [0.717, 1.165) is 19.4 Å². The predicted octanol–water partition coefficient (Wildman–Crippen LogP) is 2.67. The van der Waals surface area contributed by atoms with Crippen molar-refractivity contribution in [3.8, 4) is 0 Å². The lowest BCUT2D eigenvalue weighted by Crippen LogP contribution is -2.44. The second-order valence-electron chi connectivity index (χ2n) is 5.40. The average Bonchev–Trinajstić information content (AvgIpc) is 2.71. The van der Waals surface area contributed by atoms with E-state index in [9.17, 15) is 0 Å². The molecule has 0 radical (unpaired) electrons. The molecule has 0 aromatic carbocycles. The van der Waals surface area contributed by atoms with Crippen LogP contribution in [0.2, 0.25) is 0 Å². The van der Waals surface area contributed by atoms with Gasteiger partial charge in [-0.05, 0) is 32.3 Å². The van der Waals surface area contributed by atoms with Crippen molar-refractivity contribution in [3.63, 3.8) is 0 Å². The Morgan fingerprint density at radius 3 is 2.59 bits per heavy atom. The topological polar surface area (TPSA) is 43.8 Å². The number of nitrogens with two attached hydrogens (primary N) is 1. The van der Waals surface area contributed by atoms with Crippen molar-refractivity contribution in [2.45, 2.75) is 70.9 Å². The summed E-state index contributed by atoms with van der Waals surface area (Å²) in [4.78, 5) is 0. The van der Waals surface area contributed by atoms with Crippen molar-refractivity contribution >= 4 is 0 Å². The first-order valence-electron chi connectivity index (χ1n) is 7.01. The molecule has 0 saturated heterocycles. The highest BCUT2D eigenvalue weighted by atomic mass is 15.3. The average molecular weight is 235 g/mol. The van der Waals surface area contributed by atoms with Crippen LogP contribution in [0.5, 0.6) is 0 Å². The predicted molar refractivity (Wildman–Crippen MR) is 71.0 cm³/mol. The van der Waals surface area contributed by atoms with Crippen LogP contribution in [0.25, 0.3) is 0 Å². The summed E-state index contributed by atoms with van der Waals surface area (Å²) in [5.41, 5.74) is 9.07. The van der Waals surface area contributed by atoms with Crippen LogP contribution in [0.15, 0.2) is 6.07 Å². The van der Waals surface area contributed by atoms with Gasteiger partial charge < -0.3 is 5.73 Å². The molecule has 0 aliphatic heterocycles. The van der Waals surface area contributed by atoms with Crippen LogP contribution in [-0.2, 0) is 19.4 Å². The van der Waals surface area contributed by atoms with Crippen molar-refractivity contribution in [2.75, 3.05) is 0 Å². The van der Waals surface area contributed by atoms with Crippen LogP contribution in [0.4, 0.5) is 0 Å². The zero-order valence-corrected chi connectivity index (χ0v) is 11.2. The van der Waals surface area contributed by atoms with Gasteiger partial charge in [0.1, 0.15) is 0 Å². The molecule has 1 aliphatic rings. The van der Waals surface area contributed by atoms with Crippen molar-refractivity contribution in [3.05, 3.63) is 17.5 Å². The first-order valence-corrected chi connectivity index (χ1v) is 7.01. The smallest absolute Gasteiger partial charge is 0.0624 e.